The zero-order valence-corrected chi connectivity index (χ0v) is 7.90. The molecular weight excluding hydrogens is 222 g/mol. The second-order valence-electron chi connectivity index (χ2n) is 2.36. The summed E-state index contributed by atoms with van der Waals surface area (Å²) in [6.07, 6.45) is 3.61. The highest BCUT2D eigenvalue weighted by atomic mass is 79.9. The Morgan fingerprint density at radius 3 is 2.50 bits per heavy atom. The fraction of sp³-hybridized carbons (Fsp3) is 0.250. The van der Waals surface area contributed by atoms with Gasteiger partial charge in [0.15, 0.2) is 18.9 Å². The number of rotatable bonds is 3. The second-order valence-corrected chi connectivity index (χ2v) is 3.46. The molecule has 1 aromatic rings. The molecule has 0 aliphatic heterocycles. The minimum atomic E-state index is -1.09. The maximum absolute atomic E-state index is 10.3. The molecule has 0 aromatic carbocycles. The van der Waals surface area contributed by atoms with Crippen LogP contribution in [0, 0.1) is 0 Å². The van der Waals surface area contributed by atoms with Gasteiger partial charge >= 0.3 is 0 Å². The van der Waals surface area contributed by atoms with Crippen molar-refractivity contribution in [2.45, 2.75) is 11.4 Å². The van der Waals surface area contributed by atoms with Crippen LogP contribution < -0.4 is 9.67 Å². The Balaban J connectivity index is 2.58. The first-order chi connectivity index (χ1) is 5.70. The lowest BCUT2D eigenvalue weighted by atomic mass is 10.4. The molecule has 0 saturated heterocycles. The Bertz CT molecular complexity index is 263. The largest absolute Gasteiger partial charge is 0.549 e. The van der Waals surface area contributed by atoms with E-state index in [0.29, 0.717) is 6.54 Å². The van der Waals surface area contributed by atoms with Crippen LogP contribution in [0.2, 0.25) is 0 Å². The first-order valence-electron chi connectivity index (χ1n) is 3.49. The lowest BCUT2D eigenvalue weighted by Crippen LogP contribution is -2.44. The van der Waals surface area contributed by atoms with Crippen molar-refractivity contribution in [1.82, 2.24) is 0 Å². The molecule has 0 aliphatic carbocycles. The van der Waals surface area contributed by atoms with Crippen molar-refractivity contribution in [3.63, 3.8) is 0 Å². The molecule has 0 fully saturated rings. The normalized spacial score (nSPS) is 12.4. The molecule has 12 heavy (non-hydrogen) atoms. The number of carboxylic acid groups (broad SMARTS) is 1. The predicted octanol–water partition coefficient (Wildman–Crippen LogP) is -0.513. The third kappa shape index (κ3) is 2.62. The summed E-state index contributed by atoms with van der Waals surface area (Å²) in [7, 11) is 0. The van der Waals surface area contributed by atoms with Gasteiger partial charge in [0.1, 0.15) is 4.83 Å². The fourth-order valence-electron chi connectivity index (χ4n) is 0.816. The third-order valence-corrected chi connectivity index (χ3v) is 2.07. The first kappa shape index (κ1) is 9.19. The fourth-order valence-corrected chi connectivity index (χ4v) is 1.15. The van der Waals surface area contributed by atoms with Crippen LogP contribution in [0.4, 0.5) is 0 Å². The highest BCUT2D eigenvalue weighted by Crippen LogP contribution is 1.96. The number of aliphatic carboxylic acids is 1. The Morgan fingerprint density at radius 1 is 1.42 bits per heavy atom. The van der Waals surface area contributed by atoms with Crippen molar-refractivity contribution in [2.24, 2.45) is 0 Å². The van der Waals surface area contributed by atoms with Crippen molar-refractivity contribution in [2.75, 3.05) is 0 Å². The van der Waals surface area contributed by atoms with Crippen LogP contribution in [0.15, 0.2) is 30.6 Å². The number of pyridine rings is 1. The molecule has 64 valence electrons. The van der Waals surface area contributed by atoms with Crippen molar-refractivity contribution in [3.8, 4) is 0 Å². The molecule has 0 N–H and O–H groups in total. The van der Waals surface area contributed by atoms with Crippen LogP contribution in [0.3, 0.4) is 0 Å². The monoisotopic (exact) mass is 229 g/mol. The van der Waals surface area contributed by atoms with E-state index in [1.807, 2.05) is 18.2 Å². The predicted molar refractivity (Wildman–Crippen MR) is 44.4 cm³/mol. The lowest BCUT2D eigenvalue weighted by molar-refractivity contribution is -0.695. The molecule has 0 unspecified atom stereocenters. The maximum Gasteiger partial charge on any atom is 0.168 e. The van der Waals surface area contributed by atoms with E-state index >= 15 is 0 Å². The summed E-state index contributed by atoms with van der Waals surface area (Å²) < 4.78 is 1.77. The average Bonchev–Trinajstić information content (AvgIpc) is 2.06. The number of carbonyl (C=O) groups excluding carboxylic acids is 1. The number of alkyl halides is 1. The van der Waals surface area contributed by atoms with Crippen molar-refractivity contribution < 1.29 is 14.5 Å². The first-order valence-corrected chi connectivity index (χ1v) is 4.41. The van der Waals surface area contributed by atoms with Gasteiger partial charge < -0.3 is 9.90 Å². The van der Waals surface area contributed by atoms with Crippen LogP contribution in [-0.4, -0.2) is 10.8 Å². The Labute approximate surface area is 78.8 Å². The van der Waals surface area contributed by atoms with Crippen LogP contribution >= 0.6 is 15.9 Å². The maximum atomic E-state index is 10.3. The van der Waals surface area contributed by atoms with Gasteiger partial charge in [0.25, 0.3) is 0 Å². The lowest BCUT2D eigenvalue weighted by Gasteiger charge is -2.05. The summed E-state index contributed by atoms with van der Waals surface area (Å²) in [6.45, 7) is 0.378. The third-order valence-electron chi connectivity index (χ3n) is 1.40. The molecular formula is C8H8BrNO2. The van der Waals surface area contributed by atoms with Crippen LogP contribution in [0.25, 0.3) is 0 Å². The summed E-state index contributed by atoms with van der Waals surface area (Å²) >= 11 is 3.00. The van der Waals surface area contributed by atoms with Gasteiger partial charge in [-0.2, -0.15) is 0 Å². The van der Waals surface area contributed by atoms with Crippen LogP contribution in [0.1, 0.15) is 0 Å². The molecule has 0 aliphatic rings. The molecule has 4 heteroatoms. The van der Waals surface area contributed by atoms with E-state index in [0.717, 1.165) is 0 Å². The molecule has 0 saturated carbocycles. The molecule has 0 radical (unpaired) electrons. The van der Waals surface area contributed by atoms with E-state index in [1.165, 1.54) is 0 Å². The van der Waals surface area contributed by atoms with E-state index in [2.05, 4.69) is 15.9 Å². The number of aromatic nitrogens is 1. The number of nitrogens with zero attached hydrogens (tertiary/aromatic N) is 1. The Hall–Kier alpha value is -0.900. The average molecular weight is 230 g/mol. The molecule has 1 atom stereocenters. The zero-order chi connectivity index (χ0) is 8.97. The van der Waals surface area contributed by atoms with Crippen molar-refractivity contribution in [1.29, 1.82) is 0 Å². The number of carboxylic acids is 1. The molecule has 1 heterocycles. The molecule has 0 bridgehead atoms. The smallest absolute Gasteiger partial charge is 0.168 e. The van der Waals surface area contributed by atoms with Gasteiger partial charge in [-0.05, 0) is 0 Å². The summed E-state index contributed by atoms with van der Waals surface area (Å²) in [6, 6.07) is 5.56. The number of hydrogen-bond acceptors (Lipinski definition) is 2. The summed E-state index contributed by atoms with van der Waals surface area (Å²) in [5.41, 5.74) is 0. The number of carbonyl (C=O) groups is 1. The van der Waals surface area contributed by atoms with Gasteiger partial charge in [-0.25, -0.2) is 4.57 Å². The Kier molecular flexibility index (Phi) is 3.22. The van der Waals surface area contributed by atoms with Gasteiger partial charge in [0.05, 0.1) is 5.97 Å². The minimum absolute atomic E-state index is 0.378. The van der Waals surface area contributed by atoms with Gasteiger partial charge in [-0.1, -0.05) is 22.0 Å². The summed E-state index contributed by atoms with van der Waals surface area (Å²) in [5, 5.41) is 10.3. The van der Waals surface area contributed by atoms with Gasteiger partial charge in [0.2, 0.25) is 0 Å². The summed E-state index contributed by atoms with van der Waals surface area (Å²) in [4.78, 5) is 9.70. The number of halogens is 1. The quantitative estimate of drug-likeness (QED) is 0.518. The zero-order valence-electron chi connectivity index (χ0n) is 6.31. The van der Waals surface area contributed by atoms with Gasteiger partial charge in [0, 0.05) is 12.1 Å². The molecule has 3 nitrogen and oxygen atoms in total. The topological polar surface area (TPSA) is 44.0 Å². The van der Waals surface area contributed by atoms with Crippen LogP contribution in [0.5, 0.6) is 0 Å². The van der Waals surface area contributed by atoms with Gasteiger partial charge in [-0.15, -0.1) is 0 Å². The van der Waals surface area contributed by atoms with E-state index in [4.69, 9.17) is 0 Å². The van der Waals surface area contributed by atoms with Crippen molar-refractivity contribution >= 4 is 21.9 Å². The van der Waals surface area contributed by atoms with E-state index in [1.54, 1.807) is 17.0 Å². The highest BCUT2D eigenvalue weighted by molar-refractivity contribution is 9.10. The molecule has 0 spiro atoms. The molecule has 1 aromatic heterocycles. The minimum Gasteiger partial charge on any atom is -0.549 e. The van der Waals surface area contributed by atoms with Crippen LogP contribution in [-0.2, 0) is 11.3 Å². The van der Waals surface area contributed by atoms with E-state index in [-0.39, 0.29) is 0 Å². The summed E-state index contributed by atoms with van der Waals surface area (Å²) in [5.74, 6) is -1.09. The Morgan fingerprint density at radius 2 is 2.00 bits per heavy atom. The highest BCUT2D eigenvalue weighted by Gasteiger charge is 2.10. The van der Waals surface area contributed by atoms with E-state index in [9.17, 15) is 9.90 Å². The van der Waals surface area contributed by atoms with Gasteiger partial charge in [-0.3, -0.25) is 0 Å². The molecule has 0 amide bonds. The molecule has 1 rings (SSSR count). The SMILES string of the molecule is O=C([O-])[C@H](Br)C[n+]1ccccc1. The van der Waals surface area contributed by atoms with E-state index < -0.39 is 10.8 Å². The van der Waals surface area contributed by atoms with Crippen molar-refractivity contribution in [3.05, 3.63) is 30.6 Å². The number of hydrogen-bond donors (Lipinski definition) is 0. The second kappa shape index (κ2) is 4.21. The standard InChI is InChI=1S/C8H8BrNO2/c9-7(8(11)12)6-10-4-2-1-3-5-10/h1-5,7H,6H2/t7-/m1/s1.